The van der Waals surface area contributed by atoms with Crippen LogP contribution in [0, 0.1) is 0 Å². The molecule has 0 saturated carbocycles. The van der Waals surface area contributed by atoms with E-state index in [9.17, 15) is 0 Å². The van der Waals surface area contributed by atoms with Crippen LogP contribution in [-0.2, 0) is 38.5 Å². The average Bonchev–Trinajstić information content (AvgIpc) is 1.76. The number of aromatic nitrogens is 6. The van der Waals surface area contributed by atoms with Gasteiger partial charge >= 0.3 is 0 Å². The van der Waals surface area contributed by atoms with Crippen molar-refractivity contribution in [2.24, 2.45) is 0 Å². The molecule has 0 amide bonds. The van der Waals surface area contributed by atoms with Gasteiger partial charge in [0.15, 0.2) is 0 Å². The number of hydrogen-bond acceptors (Lipinski definition) is 4. The molecule has 0 unspecified atom stereocenters. The van der Waals surface area contributed by atoms with Gasteiger partial charge in [0.2, 0.25) is 0 Å². The molecule has 3 heterocycles. The van der Waals surface area contributed by atoms with Gasteiger partial charge in [-0.1, -0.05) is 200 Å². The normalized spacial score (nSPS) is 11.5. The number of para-hydroxylation sites is 9. The minimum atomic E-state index is 0.959. The lowest BCUT2D eigenvalue weighted by molar-refractivity contribution is 0.820. The molecule has 0 aliphatic carbocycles. The summed E-state index contributed by atoms with van der Waals surface area (Å²) in [4.78, 5) is 17.7. The van der Waals surface area contributed by atoms with Crippen LogP contribution in [0.3, 0.4) is 0 Å². The molecule has 7 heteroatoms. The number of aryl methyl sites for hydroxylation is 6. The number of hydrogen-bond donors (Lipinski definition) is 0. The van der Waals surface area contributed by atoms with Gasteiger partial charge in [-0.05, 0) is 200 Å². The maximum absolute atomic E-state index is 5.09. The van der Waals surface area contributed by atoms with Gasteiger partial charge in [0.25, 0.3) is 0 Å². The van der Waals surface area contributed by atoms with Crippen molar-refractivity contribution >= 4 is 50.2 Å². The Morgan fingerprint density at radius 3 is 0.692 bits per heavy atom. The third kappa shape index (κ3) is 12.1. The standard InChI is InChI=1S/C84H69N7/c1-4-25-70(26-5-1)89-79-34-13-10-31-76(79)85-82(89)67-49-37-61(38-50-67)19-16-22-64-43-55-73(56-44-64)88(74-57-45-65(46-58-74)23-17-20-62-39-51-68(52-40-62)83-86-77-32-11-14-35-80(77)90(83)71-27-6-2-7-28-71)75-59-47-66(48-60-75)24-18-21-63-41-53-69(54-42-63)84-87-78-33-12-15-36-81(78)91(84)72-29-8-3-9-30-72/h1-15,25-60H,16-24H2. The minimum absolute atomic E-state index is 0.959. The summed E-state index contributed by atoms with van der Waals surface area (Å²) >= 11 is 0. The molecule has 7 nitrogen and oxygen atoms in total. The average molecular weight is 1180 g/mol. The van der Waals surface area contributed by atoms with Crippen LogP contribution < -0.4 is 4.90 Å². The van der Waals surface area contributed by atoms with Crippen LogP contribution >= 0.6 is 0 Å². The molecule has 0 N–H and O–H groups in total. The molecular formula is C84H69N7. The van der Waals surface area contributed by atoms with E-state index in [0.29, 0.717) is 0 Å². The van der Waals surface area contributed by atoms with Crippen LogP contribution in [0.2, 0.25) is 0 Å². The topological polar surface area (TPSA) is 56.7 Å². The number of anilines is 3. The number of rotatable bonds is 21. The molecule has 0 radical (unpaired) electrons. The summed E-state index contributed by atoms with van der Waals surface area (Å²) in [6.45, 7) is 0. The second kappa shape index (κ2) is 25.9. The predicted molar refractivity (Wildman–Crippen MR) is 377 cm³/mol. The minimum Gasteiger partial charge on any atom is -0.311 e. The van der Waals surface area contributed by atoms with E-state index in [4.69, 9.17) is 15.0 Å². The molecule has 15 aromatic rings. The summed E-state index contributed by atoms with van der Waals surface area (Å²) in [6.07, 6.45) is 9.16. The highest BCUT2D eigenvalue weighted by atomic mass is 15.1. The van der Waals surface area contributed by atoms with Crippen LogP contribution in [-0.4, -0.2) is 28.7 Å². The molecular weight excluding hydrogens is 1110 g/mol. The van der Waals surface area contributed by atoms with Crippen LogP contribution in [0.25, 0.3) is 84.3 Å². The molecule has 440 valence electrons. The molecule has 0 fully saturated rings. The molecule has 0 aliphatic rings. The largest absolute Gasteiger partial charge is 0.311 e. The van der Waals surface area contributed by atoms with Gasteiger partial charge in [-0.15, -0.1) is 0 Å². The maximum atomic E-state index is 5.09. The van der Waals surface area contributed by atoms with Crippen molar-refractivity contribution in [3.8, 4) is 51.2 Å². The van der Waals surface area contributed by atoms with Crippen molar-refractivity contribution in [2.45, 2.75) is 57.8 Å². The molecule has 91 heavy (non-hydrogen) atoms. The van der Waals surface area contributed by atoms with E-state index >= 15 is 0 Å². The molecule has 0 bridgehead atoms. The summed E-state index contributed by atoms with van der Waals surface area (Å²) in [5.74, 6) is 2.88. The molecule has 12 aromatic carbocycles. The highest BCUT2D eigenvalue weighted by Crippen LogP contribution is 2.37. The quantitative estimate of drug-likeness (QED) is 0.0719. The van der Waals surface area contributed by atoms with E-state index in [1.54, 1.807) is 0 Å². The van der Waals surface area contributed by atoms with E-state index in [1.165, 1.54) is 33.4 Å². The Morgan fingerprint density at radius 1 is 0.220 bits per heavy atom. The third-order valence-electron chi connectivity index (χ3n) is 17.7. The lowest BCUT2D eigenvalue weighted by atomic mass is 10.0. The smallest absolute Gasteiger partial charge is 0.145 e. The Bertz CT molecular complexity index is 4390. The lowest BCUT2D eigenvalue weighted by Crippen LogP contribution is -2.10. The van der Waals surface area contributed by atoms with Crippen molar-refractivity contribution in [1.82, 2.24) is 28.7 Å². The second-order valence-electron chi connectivity index (χ2n) is 23.8. The van der Waals surface area contributed by atoms with Crippen LogP contribution in [0.5, 0.6) is 0 Å². The molecule has 0 atom stereocenters. The number of benzene rings is 12. The van der Waals surface area contributed by atoms with E-state index in [-0.39, 0.29) is 0 Å². The van der Waals surface area contributed by atoms with E-state index in [1.807, 2.05) is 0 Å². The van der Waals surface area contributed by atoms with Gasteiger partial charge in [0.1, 0.15) is 17.5 Å². The Labute approximate surface area is 532 Å². The van der Waals surface area contributed by atoms with Gasteiger partial charge < -0.3 is 4.90 Å². The first-order valence-electron chi connectivity index (χ1n) is 32.0. The fourth-order valence-electron chi connectivity index (χ4n) is 13.0. The van der Waals surface area contributed by atoms with E-state index < -0.39 is 0 Å². The lowest BCUT2D eigenvalue weighted by Gasteiger charge is -2.26. The Morgan fingerprint density at radius 2 is 0.440 bits per heavy atom. The second-order valence-corrected chi connectivity index (χ2v) is 23.8. The molecule has 0 saturated heterocycles. The van der Waals surface area contributed by atoms with Gasteiger partial charge in [-0.2, -0.15) is 0 Å². The van der Waals surface area contributed by atoms with E-state index in [2.05, 4.69) is 328 Å². The number of fused-ring (bicyclic) bond motifs is 3. The van der Waals surface area contributed by atoms with Gasteiger partial charge in [-0.3, -0.25) is 13.7 Å². The maximum Gasteiger partial charge on any atom is 0.145 e. The number of imidazole rings is 3. The third-order valence-corrected chi connectivity index (χ3v) is 17.7. The zero-order chi connectivity index (χ0) is 60.7. The first-order chi connectivity index (χ1) is 45.1. The first-order valence-corrected chi connectivity index (χ1v) is 32.0. The monoisotopic (exact) mass is 1180 g/mol. The zero-order valence-electron chi connectivity index (χ0n) is 50.9. The van der Waals surface area contributed by atoms with Gasteiger partial charge in [0, 0.05) is 50.8 Å². The highest BCUT2D eigenvalue weighted by molar-refractivity contribution is 5.86. The molecule has 15 rings (SSSR count). The first kappa shape index (κ1) is 56.4. The number of nitrogens with zero attached hydrogens (tertiary/aromatic N) is 7. The summed E-state index contributed by atoms with van der Waals surface area (Å²) in [5.41, 5.74) is 24.4. The Kier molecular flexibility index (Phi) is 16.0. The summed E-state index contributed by atoms with van der Waals surface area (Å²) in [6, 6.07) is 112. The fraction of sp³-hybridized carbons (Fsp3) is 0.107. The van der Waals surface area contributed by atoms with Crippen molar-refractivity contribution < 1.29 is 0 Å². The Balaban J connectivity index is 0.619. The van der Waals surface area contributed by atoms with Crippen LogP contribution in [0.4, 0.5) is 17.1 Å². The van der Waals surface area contributed by atoms with Crippen LogP contribution in [0.1, 0.15) is 52.6 Å². The summed E-state index contributed by atoms with van der Waals surface area (Å²) in [7, 11) is 0. The van der Waals surface area contributed by atoms with Gasteiger partial charge in [-0.25, -0.2) is 15.0 Å². The summed E-state index contributed by atoms with van der Waals surface area (Å²) in [5, 5.41) is 0. The zero-order valence-corrected chi connectivity index (χ0v) is 50.9. The molecule has 3 aromatic heterocycles. The van der Waals surface area contributed by atoms with Crippen LogP contribution in [0.15, 0.2) is 309 Å². The fourth-order valence-corrected chi connectivity index (χ4v) is 13.0. The van der Waals surface area contributed by atoms with Crippen molar-refractivity contribution in [3.05, 3.63) is 343 Å². The van der Waals surface area contributed by atoms with Crippen molar-refractivity contribution in [2.75, 3.05) is 4.90 Å². The summed E-state index contributed by atoms with van der Waals surface area (Å²) < 4.78 is 6.80. The van der Waals surface area contributed by atoms with E-state index in [0.717, 1.165) is 159 Å². The SMILES string of the molecule is c1ccc(-n2c(-c3ccc(CCCc4ccc(N(c5ccc(CCCc6ccc(-c7nc8ccccc8n7-c7ccccc7)cc6)cc5)c5ccc(CCCc6ccc(-c7nc8ccccc8n7-c7ccccc7)cc6)cc5)cc4)cc3)nc3ccccc32)cc1. The molecule has 0 spiro atoms. The predicted octanol–water partition coefficient (Wildman–Crippen LogP) is 20.7. The van der Waals surface area contributed by atoms with Crippen molar-refractivity contribution in [3.63, 3.8) is 0 Å². The van der Waals surface area contributed by atoms with Gasteiger partial charge in [0.05, 0.1) is 33.1 Å². The molecule has 0 aliphatic heterocycles. The highest BCUT2D eigenvalue weighted by Gasteiger charge is 2.19. The van der Waals surface area contributed by atoms with Crippen molar-refractivity contribution in [1.29, 1.82) is 0 Å². The Hall–Kier alpha value is -11.2.